The third kappa shape index (κ3) is 7.73. The molecule has 1 fully saturated rings. The van der Waals surface area contributed by atoms with E-state index in [9.17, 15) is 4.39 Å². The van der Waals surface area contributed by atoms with Crippen LogP contribution in [-0.2, 0) is 11.2 Å². The molecule has 0 radical (unpaired) electrons. The number of nitrogens with one attached hydrogen (secondary N) is 2. The maximum Gasteiger partial charge on any atom is 0.226 e. The SMILES string of the molecule is CCNC(=NCC(C)(C)N1CCOCC1)NCCc1coc(-c2ccc(F)cc2)n1.I. The Morgan fingerprint density at radius 3 is 2.58 bits per heavy atom. The van der Waals surface area contributed by atoms with Gasteiger partial charge in [0, 0.05) is 43.7 Å². The standard InChI is InChI=1S/C22H32FN5O2.HI/c1-4-24-21(26-16-22(2,3)28-11-13-29-14-12-28)25-10-9-19-15-30-20(27-19)17-5-7-18(23)8-6-17;/h5-8,15H,4,9-14,16H2,1-3H3,(H2,24,25,26);1H. The van der Waals surface area contributed by atoms with Gasteiger partial charge in [-0.15, -0.1) is 24.0 Å². The van der Waals surface area contributed by atoms with Gasteiger partial charge in [-0.2, -0.15) is 0 Å². The van der Waals surface area contributed by atoms with Crippen LogP contribution < -0.4 is 10.6 Å². The Morgan fingerprint density at radius 2 is 1.90 bits per heavy atom. The van der Waals surface area contributed by atoms with Crippen LogP contribution in [0.4, 0.5) is 4.39 Å². The zero-order valence-corrected chi connectivity index (χ0v) is 20.8. The monoisotopic (exact) mass is 545 g/mol. The van der Waals surface area contributed by atoms with Gasteiger partial charge in [0.05, 0.1) is 25.5 Å². The van der Waals surface area contributed by atoms with Crippen LogP contribution in [0.5, 0.6) is 0 Å². The molecule has 0 aliphatic carbocycles. The van der Waals surface area contributed by atoms with Gasteiger partial charge in [0.1, 0.15) is 12.1 Å². The van der Waals surface area contributed by atoms with E-state index in [-0.39, 0.29) is 35.3 Å². The van der Waals surface area contributed by atoms with Gasteiger partial charge in [-0.05, 0) is 45.0 Å². The molecule has 1 aliphatic rings. The highest BCUT2D eigenvalue weighted by molar-refractivity contribution is 14.0. The smallest absolute Gasteiger partial charge is 0.226 e. The van der Waals surface area contributed by atoms with E-state index in [1.54, 1.807) is 18.4 Å². The average Bonchev–Trinajstić information content (AvgIpc) is 3.22. The molecule has 3 rings (SSSR count). The summed E-state index contributed by atoms with van der Waals surface area (Å²) in [6.07, 6.45) is 2.34. The lowest BCUT2D eigenvalue weighted by Crippen LogP contribution is -2.52. The second-order valence-electron chi connectivity index (χ2n) is 7.93. The molecule has 31 heavy (non-hydrogen) atoms. The van der Waals surface area contributed by atoms with E-state index in [2.05, 4.69) is 41.3 Å². The van der Waals surface area contributed by atoms with Crippen molar-refractivity contribution in [1.82, 2.24) is 20.5 Å². The summed E-state index contributed by atoms with van der Waals surface area (Å²) in [7, 11) is 0. The number of oxazole rings is 1. The number of nitrogens with zero attached hydrogens (tertiary/aromatic N) is 3. The van der Waals surface area contributed by atoms with Crippen LogP contribution in [0.25, 0.3) is 11.5 Å². The zero-order chi connectivity index (χ0) is 21.4. The molecular weight excluding hydrogens is 512 g/mol. The highest BCUT2D eigenvalue weighted by Crippen LogP contribution is 2.19. The molecule has 1 aromatic carbocycles. The maximum absolute atomic E-state index is 13.1. The number of rotatable bonds is 8. The molecule has 0 saturated carbocycles. The molecule has 172 valence electrons. The van der Waals surface area contributed by atoms with Crippen molar-refractivity contribution in [2.24, 2.45) is 4.99 Å². The first kappa shape index (κ1) is 25.5. The van der Waals surface area contributed by atoms with Crippen molar-refractivity contribution in [3.8, 4) is 11.5 Å². The van der Waals surface area contributed by atoms with Gasteiger partial charge in [-0.25, -0.2) is 9.37 Å². The topological polar surface area (TPSA) is 74.9 Å². The second-order valence-corrected chi connectivity index (χ2v) is 7.93. The van der Waals surface area contributed by atoms with Crippen molar-refractivity contribution in [2.75, 3.05) is 45.9 Å². The van der Waals surface area contributed by atoms with Crippen LogP contribution >= 0.6 is 24.0 Å². The van der Waals surface area contributed by atoms with E-state index >= 15 is 0 Å². The minimum absolute atomic E-state index is 0. The molecule has 9 heteroatoms. The number of halogens is 2. The van der Waals surface area contributed by atoms with Crippen molar-refractivity contribution < 1.29 is 13.5 Å². The first-order valence-electron chi connectivity index (χ1n) is 10.5. The Bertz CT molecular complexity index is 820. The van der Waals surface area contributed by atoms with Crippen LogP contribution in [0.1, 0.15) is 26.5 Å². The fraction of sp³-hybridized carbons (Fsp3) is 0.545. The lowest BCUT2D eigenvalue weighted by Gasteiger charge is -2.39. The molecule has 2 aromatic rings. The normalized spacial score (nSPS) is 15.4. The first-order chi connectivity index (χ1) is 14.5. The number of hydrogen-bond acceptors (Lipinski definition) is 5. The molecule has 7 nitrogen and oxygen atoms in total. The van der Waals surface area contributed by atoms with Crippen molar-refractivity contribution in [1.29, 1.82) is 0 Å². The summed E-state index contributed by atoms with van der Waals surface area (Å²) in [5, 5.41) is 6.66. The molecule has 1 aromatic heterocycles. The molecule has 0 bridgehead atoms. The number of aliphatic imine (C=N–C) groups is 1. The van der Waals surface area contributed by atoms with Gasteiger partial charge in [0.15, 0.2) is 5.96 Å². The number of guanidine groups is 1. The fourth-order valence-corrected chi connectivity index (χ4v) is 3.34. The summed E-state index contributed by atoms with van der Waals surface area (Å²) in [4.78, 5) is 11.7. The van der Waals surface area contributed by atoms with E-state index in [0.29, 0.717) is 25.4 Å². The summed E-state index contributed by atoms with van der Waals surface area (Å²) in [6.45, 7) is 12.1. The number of benzene rings is 1. The summed E-state index contributed by atoms with van der Waals surface area (Å²) >= 11 is 0. The van der Waals surface area contributed by atoms with Crippen LogP contribution in [0.3, 0.4) is 0 Å². The third-order valence-corrected chi connectivity index (χ3v) is 5.15. The van der Waals surface area contributed by atoms with E-state index in [4.69, 9.17) is 14.1 Å². The van der Waals surface area contributed by atoms with E-state index in [0.717, 1.165) is 50.1 Å². The molecule has 1 aliphatic heterocycles. The molecule has 2 N–H and O–H groups in total. The van der Waals surface area contributed by atoms with E-state index in [1.165, 1.54) is 12.1 Å². The van der Waals surface area contributed by atoms with Gasteiger partial charge in [0.25, 0.3) is 0 Å². The number of ether oxygens (including phenoxy) is 1. The summed E-state index contributed by atoms with van der Waals surface area (Å²) in [5.74, 6) is 1.01. The van der Waals surface area contributed by atoms with Gasteiger partial charge in [-0.1, -0.05) is 0 Å². The lowest BCUT2D eigenvalue weighted by atomic mass is 10.0. The van der Waals surface area contributed by atoms with E-state index < -0.39 is 0 Å². The van der Waals surface area contributed by atoms with Crippen LogP contribution in [-0.4, -0.2) is 67.3 Å². The Morgan fingerprint density at radius 1 is 1.19 bits per heavy atom. The van der Waals surface area contributed by atoms with Crippen molar-refractivity contribution in [2.45, 2.75) is 32.7 Å². The molecule has 0 spiro atoms. The largest absolute Gasteiger partial charge is 0.444 e. The van der Waals surface area contributed by atoms with Crippen molar-refractivity contribution in [3.05, 3.63) is 42.0 Å². The quantitative estimate of drug-likeness (QED) is 0.301. The summed E-state index contributed by atoms with van der Waals surface area (Å²) in [5.41, 5.74) is 1.57. The third-order valence-electron chi connectivity index (χ3n) is 5.15. The molecule has 2 heterocycles. The first-order valence-corrected chi connectivity index (χ1v) is 10.5. The summed E-state index contributed by atoms with van der Waals surface area (Å²) in [6, 6.07) is 6.13. The average molecular weight is 545 g/mol. The minimum Gasteiger partial charge on any atom is -0.444 e. The molecule has 0 unspecified atom stereocenters. The van der Waals surface area contributed by atoms with Crippen molar-refractivity contribution >= 4 is 29.9 Å². The predicted octanol–water partition coefficient (Wildman–Crippen LogP) is 3.31. The Labute approximate surface area is 200 Å². The Balaban J connectivity index is 0.00000341. The van der Waals surface area contributed by atoms with Crippen LogP contribution in [0, 0.1) is 5.82 Å². The fourth-order valence-electron chi connectivity index (χ4n) is 3.34. The van der Waals surface area contributed by atoms with E-state index in [1.807, 2.05) is 0 Å². The van der Waals surface area contributed by atoms with Crippen LogP contribution in [0.2, 0.25) is 0 Å². The van der Waals surface area contributed by atoms with Gasteiger partial charge in [0.2, 0.25) is 5.89 Å². The molecule has 0 atom stereocenters. The highest BCUT2D eigenvalue weighted by Gasteiger charge is 2.28. The Kier molecular flexibility index (Phi) is 10.2. The maximum atomic E-state index is 13.1. The van der Waals surface area contributed by atoms with Crippen molar-refractivity contribution in [3.63, 3.8) is 0 Å². The summed E-state index contributed by atoms with van der Waals surface area (Å²) < 4.78 is 24.1. The minimum atomic E-state index is -0.276. The number of aromatic nitrogens is 1. The Hall–Kier alpha value is -1.72. The lowest BCUT2D eigenvalue weighted by molar-refractivity contribution is -0.00683. The van der Waals surface area contributed by atoms with Gasteiger partial charge in [-0.3, -0.25) is 9.89 Å². The predicted molar refractivity (Wildman–Crippen MR) is 131 cm³/mol. The molecule has 1 saturated heterocycles. The number of hydrogen-bond donors (Lipinski definition) is 2. The second kappa shape index (κ2) is 12.4. The highest BCUT2D eigenvalue weighted by atomic mass is 127. The molecule has 0 amide bonds. The zero-order valence-electron chi connectivity index (χ0n) is 18.5. The van der Waals surface area contributed by atoms with Crippen LogP contribution in [0.15, 0.2) is 39.9 Å². The molecular formula is C22H33FIN5O2. The number of morpholine rings is 1. The van der Waals surface area contributed by atoms with Gasteiger partial charge >= 0.3 is 0 Å². The van der Waals surface area contributed by atoms with Gasteiger partial charge < -0.3 is 19.8 Å².